The lowest BCUT2D eigenvalue weighted by molar-refractivity contribution is -0.142. The molecule has 2 rings (SSSR count). The summed E-state index contributed by atoms with van der Waals surface area (Å²) in [7, 11) is -3.48. The van der Waals surface area contributed by atoms with E-state index in [2.05, 4.69) is 15.4 Å². The summed E-state index contributed by atoms with van der Waals surface area (Å²) in [5, 5.41) is 14.6. The van der Waals surface area contributed by atoms with E-state index < -0.39 is 16.0 Å². The monoisotopic (exact) mass is 383 g/mol. The number of carbonyl (C=O) groups is 2. The van der Waals surface area contributed by atoms with Gasteiger partial charge in [-0.2, -0.15) is 0 Å². The normalized spacial score (nSPS) is 20.3. The highest BCUT2D eigenvalue weighted by molar-refractivity contribution is 7.89. The SMILES string of the molecule is CCNS(=O)(=O)c1ccc(CNC(=O)NC2CCC(C(=O)O)CC2)cc1. The van der Waals surface area contributed by atoms with Crippen LogP contribution in [0, 0.1) is 5.92 Å². The maximum atomic E-state index is 12.0. The average Bonchev–Trinajstić information content (AvgIpc) is 2.61. The van der Waals surface area contributed by atoms with Crippen LogP contribution in [-0.4, -0.2) is 38.1 Å². The quantitative estimate of drug-likeness (QED) is 0.567. The fourth-order valence-electron chi connectivity index (χ4n) is 2.96. The first-order valence-electron chi connectivity index (χ1n) is 8.67. The molecule has 26 heavy (non-hydrogen) atoms. The second kappa shape index (κ2) is 9.00. The summed E-state index contributed by atoms with van der Waals surface area (Å²) in [5.41, 5.74) is 0.783. The Kier molecular flexibility index (Phi) is 6.98. The highest BCUT2D eigenvalue weighted by atomic mass is 32.2. The first kappa shape index (κ1) is 20.2. The molecular formula is C17H25N3O5S. The minimum atomic E-state index is -3.48. The van der Waals surface area contributed by atoms with E-state index in [1.165, 1.54) is 12.1 Å². The Bertz CT molecular complexity index is 725. The van der Waals surface area contributed by atoms with Crippen LogP contribution in [0.4, 0.5) is 4.79 Å². The summed E-state index contributed by atoms with van der Waals surface area (Å²) in [4.78, 5) is 23.1. The van der Waals surface area contributed by atoms with Gasteiger partial charge in [0.25, 0.3) is 0 Å². The molecule has 0 aliphatic heterocycles. The van der Waals surface area contributed by atoms with Crippen molar-refractivity contribution in [2.45, 2.75) is 50.1 Å². The van der Waals surface area contributed by atoms with E-state index in [1.807, 2.05) is 0 Å². The number of hydrogen-bond acceptors (Lipinski definition) is 4. The first-order chi connectivity index (χ1) is 12.3. The lowest BCUT2D eigenvalue weighted by atomic mass is 9.86. The molecule has 1 aromatic carbocycles. The summed E-state index contributed by atoms with van der Waals surface area (Å²) in [6, 6.07) is 5.98. The number of nitrogens with one attached hydrogen (secondary N) is 3. The van der Waals surface area contributed by atoms with Crippen molar-refractivity contribution < 1.29 is 23.1 Å². The van der Waals surface area contributed by atoms with Crippen molar-refractivity contribution in [1.82, 2.24) is 15.4 Å². The van der Waals surface area contributed by atoms with E-state index in [1.54, 1.807) is 19.1 Å². The van der Waals surface area contributed by atoms with E-state index in [0.29, 0.717) is 32.2 Å². The maximum absolute atomic E-state index is 12.0. The third-order valence-corrected chi connectivity index (χ3v) is 5.99. The number of carbonyl (C=O) groups excluding carboxylic acids is 1. The van der Waals surface area contributed by atoms with Gasteiger partial charge in [0, 0.05) is 19.1 Å². The van der Waals surface area contributed by atoms with Gasteiger partial charge in [-0.05, 0) is 43.4 Å². The summed E-state index contributed by atoms with van der Waals surface area (Å²) >= 11 is 0. The molecule has 0 unspecified atom stereocenters. The molecule has 0 radical (unpaired) electrons. The molecule has 4 N–H and O–H groups in total. The Labute approximate surface area is 153 Å². The summed E-state index contributed by atoms with van der Waals surface area (Å²) in [6.45, 7) is 2.31. The molecule has 0 aromatic heterocycles. The van der Waals surface area contributed by atoms with Gasteiger partial charge in [0.05, 0.1) is 10.8 Å². The molecule has 1 aliphatic carbocycles. The number of urea groups is 1. The van der Waals surface area contributed by atoms with E-state index in [-0.39, 0.29) is 29.4 Å². The first-order valence-corrected chi connectivity index (χ1v) is 10.2. The summed E-state index contributed by atoms with van der Waals surface area (Å²) in [5.74, 6) is -1.08. The predicted molar refractivity (Wildman–Crippen MR) is 96.1 cm³/mol. The van der Waals surface area contributed by atoms with Crippen molar-refractivity contribution >= 4 is 22.0 Å². The number of aliphatic carboxylic acids is 1. The van der Waals surface area contributed by atoms with Crippen molar-refractivity contribution in [3.05, 3.63) is 29.8 Å². The van der Waals surface area contributed by atoms with Gasteiger partial charge >= 0.3 is 12.0 Å². The van der Waals surface area contributed by atoms with Crippen LogP contribution in [0.2, 0.25) is 0 Å². The topological polar surface area (TPSA) is 125 Å². The van der Waals surface area contributed by atoms with Crippen LogP contribution in [0.5, 0.6) is 0 Å². The van der Waals surface area contributed by atoms with E-state index in [0.717, 1.165) is 5.56 Å². The Balaban J connectivity index is 1.78. The third kappa shape index (κ3) is 5.70. The van der Waals surface area contributed by atoms with Crippen LogP contribution in [0.15, 0.2) is 29.2 Å². The van der Waals surface area contributed by atoms with Gasteiger partial charge in [0.15, 0.2) is 0 Å². The zero-order valence-corrected chi connectivity index (χ0v) is 15.5. The van der Waals surface area contributed by atoms with Crippen molar-refractivity contribution in [2.24, 2.45) is 5.92 Å². The zero-order valence-electron chi connectivity index (χ0n) is 14.7. The largest absolute Gasteiger partial charge is 0.481 e. The predicted octanol–water partition coefficient (Wildman–Crippen LogP) is 1.43. The second-order valence-corrected chi connectivity index (χ2v) is 8.13. The number of carboxylic acids is 1. The molecule has 1 saturated carbocycles. The van der Waals surface area contributed by atoms with Gasteiger partial charge in [-0.15, -0.1) is 0 Å². The molecule has 0 heterocycles. The van der Waals surface area contributed by atoms with Gasteiger partial charge in [-0.25, -0.2) is 17.9 Å². The lowest BCUT2D eigenvalue weighted by Crippen LogP contribution is -2.43. The van der Waals surface area contributed by atoms with Crippen LogP contribution < -0.4 is 15.4 Å². The van der Waals surface area contributed by atoms with Crippen molar-refractivity contribution in [2.75, 3.05) is 6.54 Å². The summed E-state index contributed by atoms with van der Waals surface area (Å²) < 4.78 is 26.2. The number of benzene rings is 1. The molecule has 0 bridgehead atoms. The second-order valence-electron chi connectivity index (χ2n) is 6.36. The fraction of sp³-hybridized carbons (Fsp3) is 0.529. The molecular weight excluding hydrogens is 358 g/mol. The Morgan fingerprint density at radius 1 is 1.12 bits per heavy atom. The molecule has 2 amide bonds. The third-order valence-electron chi connectivity index (χ3n) is 4.43. The molecule has 8 nitrogen and oxygen atoms in total. The molecule has 0 saturated heterocycles. The van der Waals surface area contributed by atoms with Gasteiger partial charge in [0.1, 0.15) is 0 Å². The van der Waals surface area contributed by atoms with Crippen molar-refractivity contribution in [1.29, 1.82) is 0 Å². The molecule has 0 spiro atoms. The van der Waals surface area contributed by atoms with Gasteiger partial charge in [-0.1, -0.05) is 19.1 Å². The maximum Gasteiger partial charge on any atom is 0.315 e. The van der Waals surface area contributed by atoms with Crippen LogP contribution in [0.25, 0.3) is 0 Å². The fourth-order valence-corrected chi connectivity index (χ4v) is 4.00. The minimum absolute atomic E-state index is 0.0155. The van der Waals surface area contributed by atoms with Crippen LogP contribution in [-0.2, 0) is 21.4 Å². The highest BCUT2D eigenvalue weighted by Gasteiger charge is 2.26. The zero-order chi connectivity index (χ0) is 19.2. The molecule has 1 aliphatic rings. The Morgan fingerprint density at radius 3 is 2.27 bits per heavy atom. The summed E-state index contributed by atoms with van der Waals surface area (Å²) in [6.07, 6.45) is 2.45. The number of amides is 2. The van der Waals surface area contributed by atoms with E-state index in [4.69, 9.17) is 5.11 Å². The van der Waals surface area contributed by atoms with E-state index >= 15 is 0 Å². The van der Waals surface area contributed by atoms with E-state index in [9.17, 15) is 18.0 Å². The minimum Gasteiger partial charge on any atom is -0.481 e. The van der Waals surface area contributed by atoms with Gasteiger partial charge in [0.2, 0.25) is 10.0 Å². The average molecular weight is 383 g/mol. The smallest absolute Gasteiger partial charge is 0.315 e. The van der Waals surface area contributed by atoms with Crippen LogP contribution >= 0.6 is 0 Å². The Hall–Kier alpha value is -2.13. The van der Waals surface area contributed by atoms with Crippen LogP contribution in [0.3, 0.4) is 0 Å². The van der Waals surface area contributed by atoms with Crippen molar-refractivity contribution in [3.63, 3.8) is 0 Å². The van der Waals surface area contributed by atoms with Crippen LogP contribution in [0.1, 0.15) is 38.2 Å². The van der Waals surface area contributed by atoms with Gasteiger partial charge in [-0.3, -0.25) is 4.79 Å². The molecule has 1 fully saturated rings. The molecule has 144 valence electrons. The number of hydrogen-bond donors (Lipinski definition) is 4. The number of carboxylic acid groups (broad SMARTS) is 1. The van der Waals surface area contributed by atoms with Crippen molar-refractivity contribution in [3.8, 4) is 0 Å². The highest BCUT2D eigenvalue weighted by Crippen LogP contribution is 2.24. The standard InChI is InChI=1S/C17H25N3O5S/c1-2-19-26(24,25)15-9-3-12(4-10-15)11-18-17(23)20-14-7-5-13(6-8-14)16(21)22/h3-4,9-10,13-14,19H,2,5-8,11H2,1H3,(H,21,22)(H2,18,20,23). The number of sulfonamides is 1. The molecule has 9 heteroatoms. The molecule has 1 aromatic rings. The number of rotatable bonds is 7. The molecule has 0 atom stereocenters. The Morgan fingerprint density at radius 2 is 1.73 bits per heavy atom. The van der Waals surface area contributed by atoms with Gasteiger partial charge < -0.3 is 15.7 Å². The lowest BCUT2D eigenvalue weighted by Gasteiger charge is -2.26.